The van der Waals surface area contributed by atoms with Gasteiger partial charge in [-0.25, -0.2) is 0 Å². The van der Waals surface area contributed by atoms with Gasteiger partial charge in [-0.1, -0.05) is 13.8 Å². The molecule has 1 aliphatic heterocycles. The smallest absolute Gasteiger partial charge is 0.282 e. The lowest BCUT2D eigenvalue weighted by atomic mass is 10.1. The lowest BCUT2D eigenvalue weighted by molar-refractivity contribution is 0.282. The van der Waals surface area contributed by atoms with Crippen LogP contribution < -0.4 is 5.73 Å². The Morgan fingerprint density at radius 1 is 1.29 bits per heavy atom. The molecule has 1 aliphatic rings. The van der Waals surface area contributed by atoms with Crippen molar-refractivity contribution in [2.45, 2.75) is 45.6 Å². The molecular weight excluding hydrogens is 238 g/mol. The summed E-state index contributed by atoms with van der Waals surface area (Å²) in [4.78, 5) is 0. The second-order valence-corrected chi connectivity index (χ2v) is 6.60. The quantitative estimate of drug-likeness (QED) is 0.770. The van der Waals surface area contributed by atoms with E-state index >= 15 is 0 Å². The maximum Gasteiger partial charge on any atom is 0.282 e. The molecule has 0 aliphatic carbocycles. The third kappa shape index (κ3) is 3.91. The number of nitrogens with two attached hydrogens (primary N) is 1. The molecule has 102 valence electrons. The highest BCUT2D eigenvalue weighted by molar-refractivity contribution is 7.86. The van der Waals surface area contributed by atoms with Gasteiger partial charge < -0.3 is 5.73 Å². The van der Waals surface area contributed by atoms with Gasteiger partial charge in [-0.15, -0.1) is 0 Å². The molecule has 1 heterocycles. The van der Waals surface area contributed by atoms with Crippen LogP contribution in [0.25, 0.3) is 0 Å². The van der Waals surface area contributed by atoms with Gasteiger partial charge >= 0.3 is 0 Å². The Kier molecular flexibility index (Phi) is 5.85. The van der Waals surface area contributed by atoms with E-state index in [0.29, 0.717) is 26.2 Å². The summed E-state index contributed by atoms with van der Waals surface area (Å²) in [6, 6.07) is -0.0105. The molecule has 17 heavy (non-hydrogen) atoms. The molecule has 2 N–H and O–H groups in total. The molecule has 1 atom stereocenters. The van der Waals surface area contributed by atoms with Crippen molar-refractivity contribution in [3.63, 3.8) is 0 Å². The van der Waals surface area contributed by atoms with Crippen LogP contribution in [0.3, 0.4) is 0 Å². The zero-order valence-corrected chi connectivity index (χ0v) is 11.7. The lowest BCUT2D eigenvalue weighted by Crippen LogP contribution is -2.51. The van der Waals surface area contributed by atoms with E-state index in [-0.39, 0.29) is 6.04 Å². The minimum Gasteiger partial charge on any atom is -0.327 e. The molecule has 0 saturated carbocycles. The van der Waals surface area contributed by atoms with Gasteiger partial charge in [0.05, 0.1) is 0 Å². The van der Waals surface area contributed by atoms with Crippen LogP contribution in [0.15, 0.2) is 0 Å². The van der Waals surface area contributed by atoms with Crippen molar-refractivity contribution in [1.82, 2.24) is 8.61 Å². The Labute approximate surface area is 105 Å². The molecular formula is C11H25N3O2S. The largest absolute Gasteiger partial charge is 0.327 e. The van der Waals surface area contributed by atoms with Gasteiger partial charge in [0.2, 0.25) is 0 Å². The highest BCUT2D eigenvalue weighted by Crippen LogP contribution is 2.16. The first-order valence-electron chi connectivity index (χ1n) is 6.53. The molecule has 0 radical (unpaired) electrons. The van der Waals surface area contributed by atoms with Crippen molar-refractivity contribution in [2.75, 3.05) is 26.2 Å². The molecule has 5 nitrogen and oxygen atoms in total. The van der Waals surface area contributed by atoms with E-state index in [1.54, 1.807) is 8.61 Å². The Morgan fingerprint density at radius 2 is 1.88 bits per heavy atom. The molecule has 0 spiro atoms. The zero-order valence-electron chi connectivity index (χ0n) is 10.9. The second kappa shape index (κ2) is 6.68. The van der Waals surface area contributed by atoms with Crippen molar-refractivity contribution in [2.24, 2.45) is 5.73 Å². The first-order valence-corrected chi connectivity index (χ1v) is 7.92. The predicted molar refractivity (Wildman–Crippen MR) is 69.9 cm³/mol. The van der Waals surface area contributed by atoms with Gasteiger partial charge in [-0.2, -0.15) is 17.0 Å². The average molecular weight is 263 g/mol. The summed E-state index contributed by atoms with van der Waals surface area (Å²) in [6.07, 6.45) is 3.48. The first kappa shape index (κ1) is 14.9. The second-order valence-electron chi connectivity index (χ2n) is 4.67. The third-order valence-corrected chi connectivity index (χ3v) is 5.02. The molecule has 6 heteroatoms. The van der Waals surface area contributed by atoms with E-state index in [1.165, 1.54) is 0 Å². The van der Waals surface area contributed by atoms with Crippen LogP contribution in [0.1, 0.15) is 39.5 Å². The SMILES string of the molecule is CCCN(CCC)S(=O)(=O)N1CCCC(N)C1. The molecule has 1 saturated heterocycles. The molecule has 1 fully saturated rings. The Morgan fingerprint density at radius 3 is 2.35 bits per heavy atom. The molecule has 0 amide bonds. The highest BCUT2D eigenvalue weighted by Gasteiger charge is 2.31. The number of nitrogens with zero attached hydrogens (tertiary/aromatic N) is 2. The molecule has 0 aromatic rings. The summed E-state index contributed by atoms with van der Waals surface area (Å²) in [6.45, 7) is 6.27. The van der Waals surface area contributed by atoms with E-state index in [2.05, 4.69) is 0 Å². The fourth-order valence-electron chi connectivity index (χ4n) is 2.19. The monoisotopic (exact) mass is 263 g/mol. The van der Waals surface area contributed by atoms with E-state index < -0.39 is 10.2 Å². The van der Waals surface area contributed by atoms with Crippen molar-refractivity contribution >= 4 is 10.2 Å². The highest BCUT2D eigenvalue weighted by atomic mass is 32.2. The minimum absolute atomic E-state index is 0.0105. The lowest BCUT2D eigenvalue weighted by Gasteiger charge is -2.34. The Hall–Kier alpha value is -0.170. The fraction of sp³-hybridized carbons (Fsp3) is 1.00. The van der Waals surface area contributed by atoms with Gasteiger partial charge in [-0.05, 0) is 25.7 Å². The molecule has 0 bridgehead atoms. The van der Waals surface area contributed by atoms with E-state index in [4.69, 9.17) is 5.73 Å². The number of hydrogen-bond acceptors (Lipinski definition) is 3. The van der Waals surface area contributed by atoms with Crippen LogP contribution in [-0.4, -0.2) is 49.2 Å². The fourth-order valence-corrected chi connectivity index (χ4v) is 4.08. The summed E-state index contributed by atoms with van der Waals surface area (Å²) >= 11 is 0. The van der Waals surface area contributed by atoms with Crippen LogP contribution in [0.2, 0.25) is 0 Å². The van der Waals surface area contributed by atoms with Crippen molar-refractivity contribution in [1.29, 1.82) is 0 Å². The van der Waals surface area contributed by atoms with Crippen molar-refractivity contribution in [3.05, 3.63) is 0 Å². The Balaban J connectivity index is 2.75. The predicted octanol–water partition coefficient (Wildman–Crippen LogP) is 0.776. The normalized spacial score (nSPS) is 23.2. The number of piperidine rings is 1. The van der Waals surface area contributed by atoms with Gasteiger partial charge in [0.25, 0.3) is 10.2 Å². The van der Waals surface area contributed by atoms with Crippen LogP contribution in [-0.2, 0) is 10.2 Å². The summed E-state index contributed by atoms with van der Waals surface area (Å²) in [5, 5.41) is 0. The Bertz CT molecular complexity index is 302. The van der Waals surface area contributed by atoms with Gasteiger partial charge in [0, 0.05) is 32.2 Å². The van der Waals surface area contributed by atoms with E-state index in [1.807, 2.05) is 13.8 Å². The van der Waals surface area contributed by atoms with Gasteiger partial charge in [-0.3, -0.25) is 0 Å². The van der Waals surface area contributed by atoms with Crippen LogP contribution >= 0.6 is 0 Å². The van der Waals surface area contributed by atoms with E-state index in [0.717, 1.165) is 25.7 Å². The van der Waals surface area contributed by atoms with Crippen LogP contribution in [0.5, 0.6) is 0 Å². The average Bonchev–Trinajstić information content (AvgIpc) is 2.29. The number of hydrogen-bond donors (Lipinski definition) is 1. The van der Waals surface area contributed by atoms with Crippen molar-refractivity contribution < 1.29 is 8.42 Å². The third-order valence-electron chi connectivity index (χ3n) is 3.02. The standard InChI is InChI=1S/C11H25N3O2S/c1-3-7-13(8-4-2)17(15,16)14-9-5-6-11(12)10-14/h11H,3-10,12H2,1-2H3. The molecule has 0 aromatic heterocycles. The molecule has 0 aromatic carbocycles. The first-order chi connectivity index (χ1) is 8.02. The van der Waals surface area contributed by atoms with Crippen molar-refractivity contribution in [3.8, 4) is 0 Å². The molecule has 1 rings (SSSR count). The summed E-state index contributed by atoms with van der Waals surface area (Å²) in [5.74, 6) is 0. The summed E-state index contributed by atoms with van der Waals surface area (Å²) in [5.41, 5.74) is 5.85. The van der Waals surface area contributed by atoms with E-state index in [9.17, 15) is 8.42 Å². The maximum absolute atomic E-state index is 12.4. The van der Waals surface area contributed by atoms with Gasteiger partial charge in [0.1, 0.15) is 0 Å². The molecule has 1 unspecified atom stereocenters. The number of rotatable bonds is 6. The van der Waals surface area contributed by atoms with Crippen LogP contribution in [0.4, 0.5) is 0 Å². The summed E-state index contributed by atoms with van der Waals surface area (Å²) in [7, 11) is -3.29. The van der Waals surface area contributed by atoms with Crippen LogP contribution in [0, 0.1) is 0 Å². The summed E-state index contributed by atoms with van der Waals surface area (Å²) < 4.78 is 28.0. The minimum atomic E-state index is -3.29. The maximum atomic E-state index is 12.4. The van der Waals surface area contributed by atoms with Gasteiger partial charge in [0.15, 0.2) is 0 Å². The topological polar surface area (TPSA) is 66.6 Å². The zero-order chi connectivity index (χ0) is 12.9.